The third-order valence-corrected chi connectivity index (χ3v) is 2.76. The van der Waals surface area contributed by atoms with Crippen LogP contribution in [0.3, 0.4) is 0 Å². The molecule has 1 amide bonds. The number of nitrogens with zero attached hydrogens (tertiary/aromatic N) is 1. The van der Waals surface area contributed by atoms with Crippen molar-refractivity contribution in [3.05, 3.63) is 28.3 Å². The van der Waals surface area contributed by atoms with Crippen LogP contribution in [0, 0.1) is 10.1 Å². The number of benzene rings is 1. The van der Waals surface area contributed by atoms with Crippen molar-refractivity contribution in [2.45, 2.75) is 20.0 Å². The van der Waals surface area contributed by atoms with Crippen molar-refractivity contribution < 1.29 is 28.7 Å². The van der Waals surface area contributed by atoms with Crippen LogP contribution in [-0.2, 0) is 19.1 Å². The molecule has 0 aliphatic carbocycles. The standard InChI is InChI=1S/C14H18N2O7/c1-4-22-8-13(17)23-9(2)14(18)15-11-6-5-10(16(19)20)7-12(11)21-3/h5-7,9H,4,8H2,1-3H3,(H,15,18)/t9-/m0/s1. The second-order valence-electron chi connectivity index (χ2n) is 4.40. The van der Waals surface area contributed by atoms with Gasteiger partial charge in [-0.15, -0.1) is 0 Å². The number of rotatable bonds is 8. The van der Waals surface area contributed by atoms with Crippen molar-refractivity contribution in [3.63, 3.8) is 0 Å². The van der Waals surface area contributed by atoms with Gasteiger partial charge in [-0.2, -0.15) is 0 Å². The lowest BCUT2D eigenvalue weighted by Crippen LogP contribution is -2.31. The van der Waals surface area contributed by atoms with Crippen molar-refractivity contribution in [2.75, 3.05) is 25.6 Å². The molecule has 9 nitrogen and oxygen atoms in total. The molecule has 0 bridgehead atoms. The van der Waals surface area contributed by atoms with Gasteiger partial charge in [-0.25, -0.2) is 4.79 Å². The highest BCUT2D eigenvalue weighted by molar-refractivity contribution is 5.96. The van der Waals surface area contributed by atoms with Crippen LogP contribution in [0.1, 0.15) is 13.8 Å². The van der Waals surface area contributed by atoms with Gasteiger partial charge in [0.15, 0.2) is 6.10 Å². The quantitative estimate of drug-likeness (QED) is 0.437. The maximum absolute atomic E-state index is 12.0. The number of nitro benzene ring substituents is 1. The molecule has 1 aromatic carbocycles. The van der Waals surface area contributed by atoms with Crippen LogP contribution >= 0.6 is 0 Å². The molecule has 1 aromatic rings. The first-order chi connectivity index (χ1) is 10.9. The number of hydrogen-bond donors (Lipinski definition) is 1. The Morgan fingerprint density at radius 2 is 2.09 bits per heavy atom. The van der Waals surface area contributed by atoms with Crippen LogP contribution in [-0.4, -0.2) is 43.2 Å². The van der Waals surface area contributed by atoms with Gasteiger partial charge in [0, 0.05) is 12.7 Å². The fourth-order valence-corrected chi connectivity index (χ4v) is 1.60. The number of carbonyl (C=O) groups is 2. The molecule has 1 rings (SSSR count). The molecule has 9 heteroatoms. The van der Waals surface area contributed by atoms with E-state index in [1.165, 1.54) is 32.2 Å². The van der Waals surface area contributed by atoms with Gasteiger partial charge in [0.25, 0.3) is 11.6 Å². The Bertz CT molecular complexity index is 588. The lowest BCUT2D eigenvalue weighted by molar-refractivity contribution is -0.384. The molecule has 0 saturated carbocycles. The minimum atomic E-state index is -1.05. The molecule has 126 valence electrons. The van der Waals surface area contributed by atoms with E-state index in [2.05, 4.69) is 5.32 Å². The van der Waals surface area contributed by atoms with Gasteiger partial charge in [0.05, 0.1) is 23.8 Å². The maximum Gasteiger partial charge on any atom is 0.332 e. The number of non-ortho nitro benzene ring substituents is 1. The van der Waals surface area contributed by atoms with Crippen molar-refractivity contribution in [1.29, 1.82) is 0 Å². The average molecular weight is 326 g/mol. The lowest BCUT2D eigenvalue weighted by atomic mass is 10.2. The predicted molar refractivity (Wildman–Crippen MR) is 80.3 cm³/mol. The molecule has 0 aromatic heterocycles. The number of esters is 1. The predicted octanol–water partition coefficient (Wildman–Crippen LogP) is 1.51. The minimum absolute atomic E-state index is 0.125. The summed E-state index contributed by atoms with van der Waals surface area (Å²) >= 11 is 0. The third kappa shape index (κ3) is 5.55. The highest BCUT2D eigenvalue weighted by Gasteiger charge is 2.20. The Hall–Kier alpha value is -2.68. The van der Waals surface area contributed by atoms with Crippen LogP contribution in [0.5, 0.6) is 5.75 Å². The second-order valence-corrected chi connectivity index (χ2v) is 4.40. The molecule has 1 atom stereocenters. The largest absolute Gasteiger partial charge is 0.494 e. The van der Waals surface area contributed by atoms with Crippen molar-refractivity contribution in [2.24, 2.45) is 0 Å². The zero-order valence-corrected chi connectivity index (χ0v) is 13.0. The smallest absolute Gasteiger partial charge is 0.332 e. The summed E-state index contributed by atoms with van der Waals surface area (Å²) in [5.41, 5.74) is 0.0619. The summed E-state index contributed by atoms with van der Waals surface area (Å²) in [6, 6.07) is 3.74. The summed E-state index contributed by atoms with van der Waals surface area (Å²) in [4.78, 5) is 33.5. The molecule has 0 saturated heterocycles. The summed E-state index contributed by atoms with van der Waals surface area (Å²) in [5, 5.41) is 13.2. The molecule has 0 unspecified atom stereocenters. The van der Waals surface area contributed by atoms with Gasteiger partial charge >= 0.3 is 5.97 Å². The molecule has 0 aliphatic rings. The monoisotopic (exact) mass is 326 g/mol. The van der Waals surface area contributed by atoms with E-state index in [4.69, 9.17) is 14.2 Å². The zero-order valence-electron chi connectivity index (χ0n) is 13.0. The van der Waals surface area contributed by atoms with E-state index in [9.17, 15) is 19.7 Å². The fourth-order valence-electron chi connectivity index (χ4n) is 1.60. The highest BCUT2D eigenvalue weighted by Crippen LogP contribution is 2.29. The minimum Gasteiger partial charge on any atom is -0.494 e. The van der Waals surface area contributed by atoms with E-state index in [0.717, 1.165) is 0 Å². The average Bonchev–Trinajstić information content (AvgIpc) is 2.52. The fraction of sp³-hybridized carbons (Fsp3) is 0.429. The Morgan fingerprint density at radius 1 is 1.39 bits per heavy atom. The Morgan fingerprint density at radius 3 is 2.65 bits per heavy atom. The number of carbonyl (C=O) groups excluding carboxylic acids is 2. The highest BCUT2D eigenvalue weighted by atomic mass is 16.6. The van der Waals surface area contributed by atoms with Crippen molar-refractivity contribution in [1.82, 2.24) is 0 Å². The number of amides is 1. The molecule has 0 aliphatic heterocycles. The van der Waals surface area contributed by atoms with Crippen molar-refractivity contribution in [3.8, 4) is 5.75 Å². The van der Waals surface area contributed by atoms with Crippen LogP contribution in [0.25, 0.3) is 0 Å². The molecule has 1 N–H and O–H groups in total. The molecule has 0 radical (unpaired) electrons. The second kappa shape index (κ2) is 8.69. The van der Waals surface area contributed by atoms with E-state index >= 15 is 0 Å². The molecule has 0 fully saturated rings. The number of nitro groups is 1. The third-order valence-electron chi connectivity index (χ3n) is 2.76. The van der Waals surface area contributed by atoms with E-state index in [1.807, 2.05) is 0 Å². The summed E-state index contributed by atoms with van der Waals surface area (Å²) in [7, 11) is 1.32. The van der Waals surface area contributed by atoms with Crippen LogP contribution < -0.4 is 10.1 Å². The number of ether oxygens (including phenoxy) is 3. The number of hydrogen-bond acceptors (Lipinski definition) is 7. The summed E-state index contributed by atoms with van der Waals surface area (Å²) in [6.07, 6.45) is -1.05. The first kappa shape index (κ1) is 18.4. The van der Waals surface area contributed by atoms with Gasteiger partial charge in [-0.1, -0.05) is 0 Å². The Labute approximate surface area is 132 Å². The first-order valence-corrected chi connectivity index (χ1v) is 6.79. The molecular weight excluding hydrogens is 308 g/mol. The maximum atomic E-state index is 12.0. The number of methoxy groups -OCH3 is 1. The number of anilines is 1. The normalized spacial score (nSPS) is 11.4. The van der Waals surface area contributed by atoms with E-state index in [-0.39, 0.29) is 23.7 Å². The molecule has 0 spiro atoms. The van der Waals surface area contributed by atoms with E-state index in [1.54, 1.807) is 6.92 Å². The van der Waals surface area contributed by atoms with Gasteiger partial charge < -0.3 is 19.5 Å². The van der Waals surface area contributed by atoms with Gasteiger partial charge in [0.2, 0.25) is 0 Å². The summed E-state index contributed by atoms with van der Waals surface area (Å²) in [5.74, 6) is -1.13. The summed E-state index contributed by atoms with van der Waals surface area (Å²) < 4.78 is 14.8. The molecular formula is C14H18N2O7. The SMILES string of the molecule is CCOCC(=O)O[C@@H](C)C(=O)Nc1ccc([N+](=O)[O-])cc1OC. The Balaban J connectivity index is 2.72. The van der Waals surface area contributed by atoms with Gasteiger partial charge in [0.1, 0.15) is 12.4 Å². The first-order valence-electron chi connectivity index (χ1n) is 6.79. The molecule has 23 heavy (non-hydrogen) atoms. The van der Waals surface area contributed by atoms with Crippen LogP contribution in [0.4, 0.5) is 11.4 Å². The van der Waals surface area contributed by atoms with E-state index < -0.39 is 22.9 Å². The van der Waals surface area contributed by atoms with Gasteiger partial charge in [-0.3, -0.25) is 14.9 Å². The van der Waals surface area contributed by atoms with Gasteiger partial charge in [-0.05, 0) is 19.9 Å². The van der Waals surface area contributed by atoms with E-state index in [0.29, 0.717) is 6.61 Å². The Kier molecular flexibility index (Phi) is 6.94. The number of nitrogens with one attached hydrogen (secondary N) is 1. The topological polar surface area (TPSA) is 117 Å². The van der Waals surface area contributed by atoms with Crippen LogP contribution in [0.15, 0.2) is 18.2 Å². The van der Waals surface area contributed by atoms with Crippen LogP contribution in [0.2, 0.25) is 0 Å². The molecule has 0 heterocycles. The summed E-state index contributed by atoms with van der Waals surface area (Å²) in [6.45, 7) is 3.24. The van der Waals surface area contributed by atoms with Crippen molar-refractivity contribution >= 4 is 23.3 Å². The zero-order chi connectivity index (χ0) is 17.4. The lowest BCUT2D eigenvalue weighted by Gasteiger charge is -2.15.